The summed E-state index contributed by atoms with van der Waals surface area (Å²) in [6.45, 7) is 5.74. The van der Waals surface area contributed by atoms with Gasteiger partial charge in [-0.25, -0.2) is 9.97 Å². The van der Waals surface area contributed by atoms with Crippen molar-refractivity contribution in [1.29, 1.82) is 0 Å². The van der Waals surface area contributed by atoms with E-state index in [2.05, 4.69) is 22.2 Å². The number of anilines is 2. The van der Waals surface area contributed by atoms with E-state index in [9.17, 15) is 4.79 Å². The highest BCUT2D eigenvalue weighted by molar-refractivity contribution is 6.30. The van der Waals surface area contributed by atoms with E-state index in [0.717, 1.165) is 30.8 Å². The Kier molecular flexibility index (Phi) is 5.00. The fourth-order valence-electron chi connectivity index (χ4n) is 2.98. The van der Waals surface area contributed by atoms with Crippen molar-refractivity contribution in [2.24, 2.45) is 5.92 Å². The molecule has 1 saturated heterocycles. The highest BCUT2D eigenvalue weighted by atomic mass is 35.5. The second-order valence-corrected chi connectivity index (χ2v) is 6.81. The molecule has 1 aliphatic heterocycles. The topological polar surface area (TPSA) is 58.1 Å². The minimum absolute atomic E-state index is 0.0279. The lowest BCUT2D eigenvalue weighted by Crippen LogP contribution is -2.39. The number of aromatic nitrogens is 2. The number of nitrogens with one attached hydrogen (secondary N) is 1. The smallest absolute Gasteiger partial charge is 0.272 e. The molecule has 6 heteroatoms. The number of rotatable bonds is 3. The number of hydrogen-bond donors (Lipinski definition) is 1. The fraction of sp³-hybridized carbons (Fsp3) is 0.389. The van der Waals surface area contributed by atoms with Crippen LogP contribution in [0.3, 0.4) is 0 Å². The molecule has 0 radical (unpaired) electrons. The van der Waals surface area contributed by atoms with Crippen LogP contribution < -0.4 is 5.32 Å². The van der Waals surface area contributed by atoms with E-state index in [1.807, 2.05) is 30.0 Å². The van der Waals surface area contributed by atoms with Crippen molar-refractivity contribution in [3.63, 3.8) is 0 Å². The largest absolute Gasteiger partial charge is 0.340 e. The summed E-state index contributed by atoms with van der Waals surface area (Å²) in [5, 5.41) is 3.92. The highest BCUT2D eigenvalue weighted by Crippen LogP contribution is 2.23. The van der Waals surface area contributed by atoms with Crippen LogP contribution in [0.25, 0.3) is 0 Å². The predicted octanol–water partition coefficient (Wildman–Crippen LogP) is 4.05. The lowest BCUT2D eigenvalue weighted by Gasteiger charge is -2.30. The summed E-state index contributed by atoms with van der Waals surface area (Å²) in [7, 11) is 0. The SMILES string of the molecule is Cc1cc(Cl)ccc1Nc1cc(C(=O)N2CCCC(C)C2)ncn1. The van der Waals surface area contributed by atoms with E-state index in [-0.39, 0.29) is 5.91 Å². The third kappa shape index (κ3) is 3.85. The molecule has 1 amide bonds. The van der Waals surface area contributed by atoms with E-state index in [4.69, 9.17) is 11.6 Å². The van der Waals surface area contributed by atoms with Gasteiger partial charge in [0.05, 0.1) is 0 Å². The zero-order chi connectivity index (χ0) is 17.1. The van der Waals surface area contributed by atoms with E-state index in [1.165, 1.54) is 12.7 Å². The average Bonchev–Trinajstić information content (AvgIpc) is 2.57. The zero-order valence-corrected chi connectivity index (χ0v) is 14.7. The van der Waals surface area contributed by atoms with E-state index < -0.39 is 0 Å². The Balaban J connectivity index is 1.77. The minimum atomic E-state index is -0.0279. The molecule has 5 nitrogen and oxygen atoms in total. The Bertz CT molecular complexity index is 750. The van der Waals surface area contributed by atoms with Gasteiger partial charge >= 0.3 is 0 Å². The van der Waals surface area contributed by atoms with Gasteiger partial charge in [-0.05, 0) is 49.4 Å². The number of nitrogens with zero attached hydrogens (tertiary/aromatic N) is 3. The van der Waals surface area contributed by atoms with Crippen molar-refractivity contribution in [2.75, 3.05) is 18.4 Å². The number of benzene rings is 1. The quantitative estimate of drug-likeness (QED) is 0.912. The summed E-state index contributed by atoms with van der Waals surface area (Å²) >= 11 is 5.98. The van der Waals surface area contributed by atoms with Crippen molar-refractivity contribution in [1.82, 2.24) is 14.9 Å². The summed E-state index contributed by atoms with van der Waals surface area (Å²) < 4.78 is 0. The molecule has 1 aromatic carbocycles. The first-order valence-corrected chi connectivity index (χ1v) is 8.55. The van der Waals surface area contributed by atoms with Gasteiger partial charge in [0.25, 0.3) is 5.91 Å². The van der Waals surface area contributed by atoms with Gasteiger partial charge in [-0.2, -0.15) is 0 Å². The number of carbonyl (C=O) groups is 1. The molecular formula is C18H21ClN4O. The maximum absolute atomic E-state index is 12.7. The molecule has 3 rings (SSSR count). The summed E-state index contributed by atoms with van der Waals surface area (Å²) in [6, 6.07) is 7.30. The molecule has 0 saturated carbocycles. The first-order valence-electron chi connectivity index (χ1n) is 8.17. The molecule has 1 fully saturated rings. The van der Waals surface area contributed by atoms with Crippen LogP contribution in [0.15, 0.2) is 30.6 Å². The molecule has 1 aliphatic rings. The standard InChI is InChI=1S/C18H21ClN4O/c1-12-4-3-7-23(10-12)18(24)16-9-17(21-11-20-16)22-15-6-5-14(19)8-13(15)2/h5-6,8-9,11-12H,3-4,7,10H2,1-2H3,(H,20,21,22). The van der Waals surface area contributed by atoms with Crippen molar-refractivity contribution < 1.29 is 4.79 Å². The van der Waals surface area contributed by atoms with Gasteiger partial charge in [-0.3, -0.25) is 4.79 Å². The van der Waals surface area contributed by atoms with Crippen LogP contribution in [-0.4, -0.2) is 33.9 Å². The van der Waals surface area contributed by atoms with E-state index in [0.29, 0.717) is 22.5 Å². The van der Waals surface area contributed by atoms with Gasteiger partial charge in [-0.1, -0.05) is 18.5 Å². The second-order valence-electron chi connectivity index (χ2n) is 6.37. The van der Waals surface area contributed by atoms with Crippen LogP contribution in [0.2, 0.25) is 5.02 Å². The number of piperidine rings is 1. The average molecular weight is 345 g/mol. The Labute approximate surface area is 147 Å². The minimum Gasteiger partial charge on any atom is -0.340 e. The molecule has 24 heavy (non-hydrogen) atoms. The molecular weight excluding hydrogens is 324 g/mol. The molecule has 1 N–H and O–H groups in total. The third-order valence-corrected chi connectivity index (χ3v) is 4.52. The van der Waals surface area contributed by atoms with Crippen molar-refractivity contribution in [2.45, 2.75) is 26.7 Å². The zero-order valence-electron chi connectivity index (χ0n) is 13.9. The van der Waals surface area contributed by atoms with E-state index in [1.54, 1.807) is 6.07 Å². The Morgan fingerprint density at radius 3 is 2.92 bits per heavy atom. The number of amides is 1. The maximum Gasteiger partial charge on any atom is 0.272 e. The van der Waals surface area contributed by atoms with Crippen molar-refractivity contribution in [3.05, 3.63) is 46.9 Å². The molecule has 126 valence electrons. The van der Waals surface area contributed by atoms with Gasteiger partial charge < -0.3 is 10.2 Å². The van der Waals surface area contributed by atoms with Crippen molar-refractivity contribution >= 4 is 29.0 Å². The predicted molar refractivity (Wildman–Crippen MR) is 95.8 cm³/mol. The van der Waals surface area contributed by atoms with Crippen LogP contribution in [-0.2, 0) is 0 Å². The fourth-order valence-corrected chi connectivity index (χ4v) is 3.21. The summed E-state index contributed by atoms with van der Waals surface area (Å²) in [4.78, 5) is 22.9. The van der Waals surface area contributed by atoms with Crippen LogP contribution in [0, 0.1) is 12.8 Å². The molecule has 1 unspecified atom stereocenters. The first-order chi connectivity index (χ1) is 11.5. The number of halogens is 1. The molecule has 1 aromatic heterocycles. The van der Waals surface area contributed by atoms with Gasteiger partial charge in [0.2, 0.25) is 0 Å². The van der Waals surface area contributed by atoms with Crippen molar-refractivity contribution in [3.8, 4) is 0 Å². The third-order valence-electron chi connectivity index (χ3n) is 4.28. The monoisotopic (exact) mass is 344 g/mol. The lowest BCUT2D eigenvalue weighted by atomic mass is 10.00. The molecule has 2 aromatic rings. The number of aryl methyl sites for hydroxylation is 1. The van der Waals surface area contributed by atoms with E-state index >= 15 is 0 Å². The summed E-state index contributed by atoms with van der Waals surface area (Å²) in [6.07, 6.45) is 3.65. The van der Waals surface area contributed by atoms with Crippen LogP contribution in [0.4, 0.5) is 11.5 Å². The highest BCUT2D eigenvalue weighted by Gasteiger charge is 2.23. The number of likely N-dealkylation sites (tertiary alicyclic amines) is 1. The normalized spacial score (nSPS) is 17.6. The van der Waals surface area contributed by atoms with Gasteiger partial charge in [0, 0.05) is 29.9 Å². The van der Waals surface area contributed by atoms with Crippen LogP contribution in [0.5, 0.6) is 0 Å². The summed E-state index contributed by atoms with van der Waals surface area (Å²) in [5.74, 6) is 1.11. The van der Waals surface area contributed by atoms with Gasteiger partial charge in [0.15, 0.2) is 0 Å². The Morgan fingerprint density at radius 2 is 2.17 bits per heavy atom. The van der Waals surface area contributed by atoms with Gasteiger partial charge in [-0.15, -0.1) is 0 Å². The molecule has 0 bridgehead atoms. The van der Waals surface area contributed by atoms with Crippen LogP contribution in [0.1, 0.15) is 35.8 Å². The first kappa shape index (κ1) is 16.7. The maximum atomic E-state index is 12.7. The number of carbonyl (C=O) groups excluding carboxylic acids is 1. The summed E-state index contributed by atoms with van der Waals surface area (Å²) in [5.41, 5.74) is 2.34. The van der Waals surface area contributed by atoms with Crippen LogP contribution >= 0.6 is 11.6 Å². The molecule has 2 heterocycles. The Hall–Kier alpha value is -2.14. The number of hydrogen-bond acceptors (Lipinski definition) is 4. The lowest BCUT2D eigenvalue weighted by molar-refractivity contribution is 0.0677. The molecule has 0 aliphatic carbocycles. The Morgan fingerprint density at radius 1 is 1.33 bits per heavy atom. The van der Waals surface area contributed by atoms with Gasteiger partial charge in [0.1, 0.15) is 17.8 Å². The second kappa shape index (κ2) is 7.18. The molecule has 0 spiro atoms. The molecule has 1 atom stereocenters.